The molecule has 0 atom stereocenters. The van der Waals surface area contributed by atoms with E-state index in [0.29, 0.717) is 29.5 Å². The van der Waals surface area contributed by atoms with E-state index in [2.05, 4.69) is 33.3 Å². The van der Waals surface area contributed by atoms with Gasteiger partial charge >= 0.3 is 0 Å². The predicted octanol–water partition coefficient (Wildman–Crippen LogP) is 2.09. The van der Waals surface area contributed by atoms with E-state index in [1.54, 1.807) is 18.4 Å². The Hall–Kier alpha value is -2.15. The Bertz CT molecular complexity index is 748. The molecule has 3 heterocycles. The molecular formula is C13H15N5OS. The molecule has 0 aromatic carbocycles. The van der Waals surface area contributed by atoms with Gasteiger partial charge in [-0.1, -0.05) is 6.92 Å². The number of imidazole rings is 1. The van der Waals surface area contributed by atoms with Gasteiger partial charge in [0, 0.05) is 4.88 Å². The molecular weight excluding hydrogens is 274 g/mol. The lowest BCUT2D eigenvalue weighted by Gasteiger charge is -2.06. The number of methoxy groups -OCH3 is 1. The second-order valence-corrected chi connectivity index (χ2v) is 5.33. The Balaban J connectivity index is 2.10. The second kappa shape index (κ2) is 5.09. The van der Waals surface area contributed by atoms with Crippen LogP contribution in [0.25, 0.3) is 11.2 Å². The summed E-state index contributed by atoms with van der Waals surface area (Å²) in [4.78, 5) is 13.9. The van der Waals surface area contributed by atoms with E-state index in [-0.39, 0.29) is 0 Å². The van der Waals surface area contributed by atoms with Crippen molar-refractivity contribution < 1.29 is 4.74 Å². The normalized spacial score (nSPS) is 11.1. The number of thiophene rings is 1. The highest BCUT2D eigenvalue weighted by Gasteiger charge is 2.16. The fourth-order valence-electron chi connectivity index (χ4n) is 2.20. The predicted molar refractivity (Wildman–Crippen MR) is 79.1 cm³/mol. The summed E-state index contributed by atoms with van der Waals surface area (Å²) in [6, 6.07) is 2.14. The van der Waals surface area contributed by atoms with Crippen LogP contribution in [-0.2, 0) is 13.0 Å². The fraction of sp³-hybridized carbons (Fsp3) is 0.308. The highest BCUT2D eigenvalue weighted by molar-refractivity contribution is 7.10. The number of nitrogens with zero attached hydrogens (tertiary/aromatic N) is 4. The Morgan fingerprint density at radius 3 is 3.00 bits per heavy atom. The summed E-state index contributed by atoms with van der Waals surface area (Å²) in [5, 5.41) is 2.10. The highest BCUT2D eigenvalue weighted by atomic mass is 32.1. The van der Waals surface area contributed by atoms with Crippen molar-refractivity contribution in [3.8, 4) is 5.88 Å². The van der Waals surface area contributed by atoms with Gasteiger partial charge in [-0.15, -0.1) is 11.3 Å². The van der Waals surface area contributed by atoms with Crippen LogP contribution in [0.1, 0.15) is 17.4 Å². The van der Waals surface area contributed by atoms with Crippen LogP contribution in [0.5, 0.6) is 5.88 Å². The first kappa shape index (κ1) is 12.9. The molecule has 3 aromatic heterocycles. The van der Waals surface area contributed by atoms with Crippen LogP contribution in [0.3, 0.4) is 0 Å². The number of hydrogen-bond acceptors (Lipinski definition) is 6. The van der Waals surface area contributed by atoms with Gasteiger partial charge in [-0.05, 0) is 23.4 Å². The number of aryl methyl sites for hydroxylation is 1. The lowest BCUT2D eigenvalue weighted by molar-refractivity contribution is 0.401. The van der Waals surface area contributed by atoms with Crippen molar-refractivity contribution >= 4 is 28.4 Å². The number of aromatic nitrogens is 4. The van der Waals surface area contributed by atoms with Crippen LogP contribution in [0.2, 0.25) is 0 Å². The summed E-state index contributed by atoms with van der Waals surface area (Å²) in [6.07, 6.45) is 2.47. The molecule has 0 bridgehead atoms. The smallest absolute Gasteiger partial charge is 0.245 e. The number of nitrogens with two attached hydrogens (primary N) is 1. The molecule has 20 heavy (non-hydrogen) atoms. The van der Waals surface area contributed by atoms with Crippen molar-refractivity contribution in [3.63, 3.8) is 0 Å². The molecule has 6 nitrogen and oxygen atoms in total. The van der Waals surface area contributed by atoms with Crippen molar-refractivity contribution in [2.45, 2.75) is 19.9 Å². The van der Waals surface area contributed by atoms with Crippen LogP contribution >= 0.6 is 11.3 Å². The van der Waals surface area contributed by atoms with Crippen LogP contribution in [-0.4, -0.2) is 26.6 Å². The van der Waals surface area contributed by atoms with Crippen molar-refractivity contribution in [1.82, 2.24) is 19.5 Å². The molecule has 0 fully saturated rings. The van der Waals surface area contributed by atoms with Crippen molar-refractivity contribution in [2.75, 3.05) is 12.8 Å². The standard InChI is InChI=1S/C13H15N5OS/c1-3-8-4-5-20-9(8)6-18-11-10(17-13(18)14)12(19-2)16-7-15-11/h4-5,7H,3,6H2,1-2H3,(H2,14,17). The third kappa shape index (κ3) is 2.00. The molecule has 3 rings (SSSR count). The summed E-state index contributed by atoms with van der Waals surface area (Å²) in [5.41, 5.74) is 8.65. The van der Waals surface area contributed by atoms with Crippen molar-refractivity contribution in [3.05, 3.63) is 28.2 Å². The average Bonchev–Trinajstić information content (AvgIpc) is 3.04. The lowest BCUT2D eigenvalue weighted by atomic mass is 10.2. The third-order valence-electron chi connectivity index (χ3n) is 3.24. The Morgan fingerprint density at radius 1 is 1.40 bits per heavy atom. The summed E-state index contributed by atoms with van der Waals surface area (Å²) >= 11 is 1.72. The van der Waals surface area contributed by atoms with Crippen molar-refractivity contribution in [2.24, 2.45) is 0 Å². The molecule has 0 saturated heterocycles. The summed E-state index contributed by atoms with van der Waals surface area (Å²) in [5.74, 6) is 0.872. The molecule has 0 spiro atoms. The maximum Gasteiger partial charge on any atom is 0.245 e. The third-order valence-corrected chi connectivity index (χ3v) is 4.19. The molecule has 0 saturated carbocycles. The first-order valence-corrected chi connectivity index (χ1v) is 7.18. The molecule has 0 radical (unpaired) electrons. The van der Waals surface area contributed by atoms with Gasteiger partial charge in [-0.2, -0.15) is 4.98 Å². The zero-order chi connectivity index (χ0) is 14.1. The number of anilines is 1. The molecule has 104 valence electrons. The van der Waals surface area contributed by atoms with Gasteiger partial charge < -0.3 is 10.5 Å². The van der Waals surface area contributed by atoms with E-state index in [1.165, 1.54) is 16.8 Å². The maximum atomic E-state index is 6.02. The Morgan fingerprint density at radius 2 is 2.25 bits per heavy atom. The molecule has 2 N–H and O–H groups in total. The monoisotopic (exact) mass is 289 g/mol. The molecule has 0 unspecified atom stereocenters. The van der Waals surface area contributed by atoms with E-state index in [0.717, 1.165) is 6.42 Å². The fourth-order valence-corrected chi connectivity index (χ4v) is 3.17. The van der Waals surface area contributed by atoms with Gasteiger partial charge in [0.05, 0.1) is 13.7 Å². The van der Waals surface area contributed by atoms with Gasteiger partial charge in [-0.25, -0.2) is 9.97 Å². The Labute approximate surface area is 120 Å². The minimum atomic E-state index is 0.425. The second-order valence-electron chi connectivity index (χ2n) is 4.33. The number of hydrogen-bond donors (Lipinski definition) is 1. The first-order chi connectivity index (χ1) is 9.74. The SMILES string of the molecule is CCc1ccsc1Cn1c(N)nc2c(OC)ncnc21. The topological polar surface area (TPSA) is 78.9 Å². The number of nitrogen functional groups attached to an aromatic ring is 1. The van der Waals surface area contributed by atoms with Gasteiger partial charge in [0.25, 0.3) is 0 Å². The minimum absolute atomic E-state index is 0.425. The molecule has 0 aliphatic carbocycles. The van der Waals surface area contributed by atoms with Crippen LogP contribution in [0.4, 0.5) is 5.95 Å². The van der Waals surface area contributed by atoms with Gasteiger partial charge in [-0.3, -0.25) is 4.57 Å². The van der Waals surface area contributed by atoms with E-state index in [1.807, 2.05) is 4.57 Å². The number of fused-ring (bicyclic) bond motifs is 1. The zero-order valence-electron chi connectivity index (χ0n) is 11.3. The van der Waals surface area contributed by atoms with Crippen LogP contribution in [0, 0.1) is 0 Å². The molecule has 0 aliphatic rings. The van der Waals surface area contributed by atoms with Crippen LogP contribution in [0.15, 0.2) is 17.8 Å². The summed E-state index contributed by atoms with van der Waals surface area (Å²) < 4.78 is 7.09. The number of ether oxygens (including phenoxy) is 1. The lowest BCUT2D eigenvalue weighted by Crippen LogP contribution is -2.05. The largest absolute Gasteiger partial charge is 0.479 e. The van der Waals surface area contributed by atoms with Gasteiger partial charge in [0.1, 0.15) is 6.33 Å². The summed E-state index contributed by atoms with van der Waals surface area (Å²) in [6.45, 7) is 2.81. The van der Waals surface area contributed by atoms with E-state index < -0.39 is 0 Å². The van der Waals surface area contributed by atoms with Gasteiger partial charge in [0.2, 0.25) is 11.8 Å². The zero-order valence-corrected chi connectivity index (χ0v) is 12.1. The first-order valence-electron chi connectivity index (χ1n) is 6.30. The molecule has 0 amide bonds. The quantitative estimate of drug-likeness (QED) is 0.795. The minimum Gasteiger partial charge on any atom is -0.479 e. The Kier molecular flexibility index (Phi) is 3.27. The van der Waals surface area contributed by atoms with Gasteiger partial charge in [0.15, 0.2) is 11.2 Å². The molecule has 3 aromatic rings. The van der Waals surface area contributed by atoms with Crippen LogP contribution < -0.4 is 10.5 Å². The average molecular weight is 289 g/mol. The number of rotatable bonds is 4. The van der Waals surface area contributed by atoms with E-state index in [4.69, 9.17) is 10.5 Å². The maximum absolute atomic E-state index is 6.02. The summed E-state index contributed by atoms with van der Waals surface area (Å²) in [7, 11) is 1.56. The molecule has 0 aliphatic heterocycles. The molecule has 7 heteroatoms. The van der Waals surface area contributed by atoms with E-state index >= 15 is 0 Å². The van der Waals surface area contributed by atoms with E-state index in [9.17, 15) is 0 Å². The van der Waals surface area contributed by atoms with Crippen molar-refractivity contribution in [1.29, 1.82) is 0 Å². The highest BCUT2D eigenvalue weighted by Crippen LogP contribution is 2.26.